The Morgan fingerprint density at radius 1 is 1.36 bits per heavy atom. The van der Waals surface area contributed by atoms with Gasteiger partial charge in [0.25, 0.3) is 0 Å². The molecule has 15 heteroatoms. The van der Waals surface area contributed by atoms with E-state index in [0.717, 1.165) is 0 Å². The molecular weight excluding hydrogens is 607 g/mol. The van der Waals surface area contributed by atoms with E-state index in [2.05, 4.69) is 24.2 Å². The van der Waals surface area contributed by atoms with E-state index in [9.17, 15) is 14.0 Å². The molecule has 1 amide bonds. The summed E-state index contributed by atoms with van der Waals surface area (Å²) in [4.78, 5) is 37.0. The zero-order chi connectivity index (χ0) is 29.8. The number of amides is 1. The van der Waals surface area contributed by atoms with Gasteiger partial charge in [0.2, 0.25) is 0 Å². The maximum absolute atomic E-state index is 14.0. The van der Waals surface area contributed by atoms with Crippen molar-refractivity contribution in [3.05, 3.63) is 62.5 Å². The van der Waals surface area contributed by atoms with Gasteiger partial charge in [0.15, 0.2) is 10.8 Å². The van der Waals surface area contributed by atoms with Gasteiger partial charge in [-0.2, -0.15) is 0 Å². The molecule has 2 N–H and O–H groups in total. The number of thiazole rings is 1. The zero-order valence-electron chi connectivity index (χ0n) is 23.3. The van der Waals surface area contributed by atoms with Gasteiger partial charge in [-0.3, -0.25) is 14.6 Å². The van der Waals surface area contributed by atoms with E-state index in [1.807, 2.05) is 26.2 Å². The second-order valence-corrected chi connectivity index (χ2v) is 13.5. The minimum atomic E-state index is -0.835. The molecule has 2 aromatic rings. The van der Waals surface area contributed by atoms with Gasteiger partial charge in [0.1, 0.15) is 17.5 Å². The quantitative estimate of drug-likeness (QED) is 0.344. The van der Waals surface area contributed by atoms with Crippen LogP contribution in [0.4, 0.5) is 9.18 Å². The highest BCUT2D eigenvalue weighted by Gasteiger charge is 2.73. The Bertz CT molecular complexity index is 1470. The molecule has 0 aliphatic carbocycles. The van der Waals surface area contributed by atoms with Crippen molar-refractivity contribution in [1.82, 2.24) is 24.2 Å². The number of carbonyl (C=O) groups is 2. The summed E-state index contributed by atoms with van der Waals surface area (Å²) in [5.74, 6) is -0.566. The molecule has 3 fully saturated rings. The van der Waals surface area contributed by atoms with Crippen LogP contribution in [0.25, 0.3) is 0 Å². The van der Waals surface area contributed by atoms with Gasteiger partial charge in [-0.05, 0) is 32.9 Å². The first-order valence-corrected chi connectivity index (χ1v) is 15.3. The van der Waals surface area contributed by atoms with E-state index in [4.69, 9.17) is 30.8 Å². The summed E-state index contributed by atoms with van der Waals surface area (Å²) in [7, 11) is 1.31. The number of nitrogens with zero attached hydrogens (tertiary/aromatic N) is 4. The number of ether oxygens (including phenoxy) is 3. The maximum Gasteiger partial charge on any atom is 0.418 e. The molecule has 42 heavy (non-hydrogen) atoms. The largest absolute Gasteiger partial charge is 0.466 e. The molecule has 3 unspecified atom stereocenters. The number of esters is 1. The number of benzene rings is 1. The molecule has 4 aliphatic heterocycles. The van der Waals surface area contributed by atoms with Gasteiger partial charge in [-0.15, -0.1) is 11.3 Å². The Hall–Kier alpha value is -2.75. The minimum absolute atomic E-state index is 0.0208. The second kappa shape index (κ2) is 11.1. The van der Waals surface area contributed by atoms with Gasteiger partial charge in [0.05, 0.1) is 37.5 Å². The molecule has 0 radical (unpaired) electrons. The van der Waals surface area contributed by atoms with Crippen molar-refractivity contribution in [1.29, 1.82) is 0 Å². The fraction of sp³-hybridized carbons (Fsp3) is 0.481. The molecule has 1 aromatic carbocycles. The fourth-order valence-electron chi connectivity index (χ4n) is 5.96. The van der Waals surface area contributed by atoms with Crippen LogP contribution < -0.4 is 10.0 Å². The highest BCUT2D eigenvalue weighted by molar-refractivity contribution is 7.95. The van der Waals surface area contributed by atoms with Crippen LogP contribution in [0.15, 0.2) is 46.0 Å². The molecular formula is C27H30ClFN6O5S2. The van der Waals surface area contributed by atoms with Crippen molar-refractivity contribution in [2.24, 2.45) is 4.99 Å². The van der Waals surface area contributed by atoms with Gasteiger partial charge in [0, 0.05) is 59.1 Å². The van der Waals surface area contributed by atoms with Crippen molar-refractivity contribution in [2.45, 2.75) is 50.0 Å². The Kier molecular flexibility index (Phi) is 7.73. The second-order valence-electron chi connectivity index (χ2n) is 11.4. The number of hydrogen-bond donors (Lipinski definition) is 2. The van der Waals surface area contributed by atoms with Crippen LogP contribution in [0.1, 0.15) is 37.4 Å². The number of aliphatic imine (C=N–C) groups is 1. The molecule has 4 atom stereocenters. The Balaban J connectivity index is 1.28. The zero-order valence-corrected chi connectivity index (χ0v) is 25.7. The van der Waals surface area contributed by atoms with Gasteiger partial charge in [-0.25, -0.2) is 23.3 Å². The number of amidine groups is 1. The lowest BCUT2D eigenvalue weighted by molar-refractivity contribution is -0.176. The summed E-state index contributed by atoms with van der Waals surface area (Å²) < 4.78 is 35.4. The third kappa shape index (κ3) is 5.07. The molecule has 6 rings (SSSR count). The lowest BCUT2D eigenvalue weighted by atomic mass is 9.67. The third-order valence-electron chi connectivity index (χ3n) is 7.77. The summed E-state index contributed by atoms with van der Waals surface area (Å²) in [5.41, 5.74) is 0.507. The van der Waals surface area contributed by atoms with Crippen LogP contribution >= 0.6 is 35.1 Å². The fourth-order valence-corrected chi connectivity index (χ4v) is 7.73. The average Bonchev–Trinajstić information content (AvgIpc) is 3.61. The number of piperazine rings is 1. The van der Waals surface area contributed by atoms with Crippen molar-refractivity contribution >= 4 is 53.0 Å². The van der Waals surface area contributed by atoms with Crippen molar-refractivity contribution in [3.8, 4) is 0 Å². The number of likely N-dealkylation sites (tertiary alicyclic amines) is 1. The Labute approximate surface area is 255 Å². The summed E-state index contributed by atoms with van der Waals surface area (Å²) in [6, 6.07) is 3.35. The van der Waals surface area contributed by atoms with E-state index in [1.54, 1.807) is 6.20 Å². The van der Waals surface area contributed by atoms with E-state index in [1.165, 1.54) is 48.8 Å². The van der Waals surface area contributed by atoms with Crippen molar-refractivity contribution < 1.29 is 28.2 Å². The summed E-state index contributed by atoms with van der Waals surface area (Å²) in [6.07, 6.45) is 1.17. The lowest BCUT2D eigenvalue weighted by Crippen LogP contribution is -2.90. The minimum Gasteiger partial charge on any atom is -0.466 e. The Morgan fingerprint density at radius 3 is 2.86 bits per heavy atom. The summed E-state index contributed by atoms with van der Waals surface area (Å²) in [6.45, 7) is 7.52. The van der Waals surface area contributed by atoms with Gasteiger partial charge in [-0.1, -0.05) is 17.7 Å². The van der Waals surface area contributed by atoms with Crippen LogP contribution in [-0.4, -0.2) is 88.7 Å². The molecule has 0 saturated carbocycles. The smallest absolute Gasteiger partial charge is 0.418 e. The van der Waals surface area contributed by atoms with E-state index in [-0.39, 0.29) is 22.6 Å². The summed E-state index contributed by atoms with van der Waals surface area (Å²) in [5, 5.41) is 5.98. The molecule has 0 bridgehead atoms. The van der Waals surface area contributed by atoms with E-state index < -0.39 is 29.5 Å². The highest BCUT2D eigenvalue weighted by atomic mass is 35.5. The number of rotatable bonds is 7. The molecule has 4 aliphatic rings. The van der Waals surface area contributed by atoms with Crippen LogP contribution in [0.3, 0.4) is 0 Å². The number of carbonyl (C=O) groups excluding carboxylic acids is 2. The SMILES string of the molecule is COC(=O)C1=C(CN2C3COCC34C2CN4SNC(=O)OC(C)(C)C)NC(c2nccs2)=N[C@H]1c1ccc(F)cc1Cl. The first-order valence-electron chi connectivity index (χ1n) is 13.3. The van der Waals surface area contributed by atoms with Crippen LogP contribution in [-0.2, 0) is 19.0 Å². The molecule has 3 saturated heterocycles. The predicted octanol–water partition coefficient (Wildman–Crippen LogP) is 3.68. The number of methoxy groups -OCH3 is 1. The van der Waals surface area contributed by atoms with E-state index >= 15 is 0 Å². The number of hydrogen-bond acceptors (Lipinski definition) is 12. The third-order valence-corrected chi connectivity index (χ3v) is 9.84. The molecule has 5 heterocycles. The van der Waals surface area contributed by atoms with Gasteiger partial charge >= 0.3 is 12.1 Å². The summed E-state index contributed by atoms with van der Waals surface area (Å²) >= 11 is 9.11. The standard InChI is InChI=1S/C27H30ClFN6O5S2/c1-26(2,3)40-25(37)33-42-35-11-18-27(35)13-39-12-19(27)34(18)10-17-20(24(36)38-4)21(15-6-5-14(29)9-16(15)28)32-22(31-17)23-30-7-8-41-23/h5-9,18-19,21H,10-13H2,1-4H3,(H,31,32)(H,33,37)/t18?,19?,21-,27?/m0/s1. The van der Waals surface area contributed by atoms with Crippen LogP contribution in [0.2, 0.25) is 5.02 Å². The lowest BCUT2D eigenvalue weighted by Gasteiger charge is -2.71. The molecule has 1 aromatic heterocycles. The monoisotopic (exact) mass is 636 g/mol. The number of aromatic nitrogens is 1. The topological polar surface area (TPSA) is 118 Å². The number of halogens is 2. The normalized spacial score (nSPS) is 27.2. The van der Waals surface area contributed by atoms with E-state index in [0.29, 0.717) is 54.0 Å². The van der Waals surface area contributed by atoms with Crippen LogP contribution in [0, 0.1) is 5.82 Å². The van der Waals surface area contributed by atoms with Gasteiger partial charge < -0.3 is 19.5 Å². The molecule has 1 spiro atoms. The first kappa shape index (κ1) is 29.3. The first-order chi connectivity index (χ1) is 20.0. The molecule has 224 valence electrons. The predicted molar refractivity (Wildman–Crippen MR) is 156 cm³/mol. The number of nitrogens with one attached hydrogen (secondary N) is 2. The highest BCUT2D eigenvalue weighted by Crippen LogP contribution is 2.55. The Morgan fingerprint density at radius 2 is 2.17 bits per heavy atom. The maximum atomic E-state index is 14.0. The molecule has 11 nitrogen and oxygen atoms in total. The van der Waals surface area contributed by atoms with Crippen molar-refractivity contribution in [2.75, 3.05) is 33.4 Å². The van der Waals surface area contributed by atoms with Crippen LogP contribution in [0.5, 0.6) is 0 Å². The average molecular weight is 637 g/mol. The van der Waals surface area contributed by atoms with Crippen molar-refractivity contribution in [3.63, 3.8) is 0 Å².